The molecule has 32 heavy (non-hydrogen) atoms. The molecule has 1 N–H and O–H groups in total. The Kier molecular flexibility index (Phi) is 5.37. The zero-order valence-electron chi connectivity index (χ0n) is 16.9. The van der Waals surface area contributed by atoms with Crippen molar-refractivity contribution in [1.82, 2.24) is 20.1 Å². The molecule has 0 unspecified atom stereocenters. The van der Waals surface area contributed by atoms with Gasteiger partial charge in [-0.1, -0.05) is 84.1 Å². The summed E-state index contributed by atoms with van der Waals surface area (Å²) in [7, 11) is 0. The quantitative estimate of drug-likeness (QED) is 0.529. The molecule has 1 aliphatic rings. The van der Waals surface area contributed by atoms with Crippen LogP contribution in [0, 0.1) is 0 Å². The Morgan fingerprint density at radius 2 is 1.53 bits per heavy atom. The molecule has 1 fully saturated rings. The summed E-state index contributed by atoms with van der Waals surface area (Å²) in [6.07, 6.45) is -1.13. The molecule has 3 atom stereocenters. The van der Waals surface area contributed by atoms with Crippen LogP contribution in [0.25, 0.3) is 11.3 Å². The van der Waals surface area contributed by atoms with Crippen LogP contribution < -0.4 is 4.74 Å². The Morgan fingerprint density at radius 1 is 0.906 bits per heavy atom. The van der Waals surface area contributed by atoms with E-state index in [1.807, 2.05) is 66.7 Å². The summed E-state index contributed by atoms with van der Waals surface area (Å²) >= 11 is 0. The van der Waals surface area contributed by atoms with Gasteiger partial charge in [0, 0.05) is 5.56 Å². The largest absolute Gasteiger partial charge is 0.440 e. The average Bonchev–Trinajstić information content (AvgIpc) is 3.46. The van der Waals surface area contributed by atoms with Crippen LogP contribution in [0.5, 0.6) is 5.75 Å². The molecular formula is C24H20N4O4. The Labute approximate surface area is 184 Å². The van der Waals surface area contributed by atoms with Gasteiger partial charge in [-0.3, -0.25) is 0 Å². The Balaban J connectivity index is 1.45. The first-order valence-electron chi connectivity index (χ1n) is 10.1. The highest BCUT2D eigenvalue weighted by Crippen LogP contribution is 2.40. The number of benzene rings is 3. The van der Waals surface area contributed by atoms with E-state index in [1.54, 1.807) is 30.5 Å². The van der Waals surface area contributed by atoms with Gasteiger partial charge in [-0.05, 0) is 17.7 Å². The molecule has 4 aromatic rings. The third-order valence-electron chi connectivity index (χ3n) is 5.20. The standard InChI is InChI=1S/C24H20N4O4/c29-22-21(18-12-6-2-7-13-18)28(24(30)31-19-14-8-3-9-15-19)32-23(22)27-16-20(25-26-27)17-10-4-1-5-11-17/h1-16,21-23,29H/t21-,22-,23-/m0/s1. The van der Waals surface area contributed by atoms with Gasteiger partial charge in [0.05, 0.1) is 6.20 Å². The van der Waals surface area contributed by atoms with Crippen molar-refractivity contribution in [2.75, 3.05) is 0 Å². The molecule has 1 amide bonds. The van der Waals surface area contributed by atoms with E-state index in [9.17, 15) is 9.90 Å². The average molecular weight is 428 g/mol. The van der Waals surface area contributed by atoms with Gasteiger partial charge in [0.15, 0.2) is 0 Å². The van der Waals surface area contributed by atoms with Crippen molar-refractivity contribution < 1.29 is 19.5 Å². The molecule has 1 aromatic heterocycles. The monoisotopic (exact) mass is 428 g/mol. The van der Waals surface area contributed by atoms with Crippen molar-refractivity contribution in [2.45, 2.75) is 18.4 Å². The van der Waals surface area contributed by atoms with Gasteiger partial charge in [-0.2, -0.15) is 5.06 Å². The van der Waals surface area contributed by atoms with E-state index < -0.39 is 24.5 Å². The highest BCUT2D eigenvalue weighted by atomic mass is 16.8. The molecule has 3 aromatic carbocycles. The number of amides is 1. The van der Waals surface area contributed by atoms with Gasteiger partial charge in [-0.15, -0.1) is 5.10 Å². The number of nitrogens with zero attached hydrogens (tertiary/aromatic N) is 4. The molecule has 0 radical (unpaired) electrons. The van der Waals surface area contributed by atoms with Crippen LogP contribution in [0.4, 0.5) is 4.79 Å². The number of rotatable bonds is 4. The number of aliphatic hydroxyl groups is 1. The maximum atomic E-state index is 13.0. The van der Waals surface area contributed by atoms with Gasteiger partial charge < -0.3 is 9.84 Å². The first kappa shape index (κ1) is 19.9. The molecule has 160 valence electrons. The summed E-state index contributed by atoms with van der Waals surface area (Å²) < 4.78 is 6.88. The number of carbonyl (C=O) groups excluding carboxylic acids is 1. The van der Waals surface area contributed by atoms with Crippen molar-refractivity contribution in [3.63, 3.8) is 0 Å². The predicted octanol–water partition coefficient (Wildman–Crippen LogP) is 3.99. The molecule has 2 heterocycles. The molecule has 1 aliphatic heterocycles. The van der Waals surface area contributed by atoms with Gasteiger partial charge in [0.2, 0.25) is 6.23 Å². The third-order valence-corrected chi connectivity index (χ3v) is 5.20. The normalized spacial score (nSPS) is 20.3. The topological polar surface area (TPSA) is 89.7 Å². The van der Waals surface area contributed by atoms with E-state index >= 15 is 0 Å². The molecular weight excluding hydrogens is 408 g/mol. The fraction of sp³-hybridized carbons (Fsp3) is 0.125. The van der Waals surface area contributed by atoms with Crippen molar-refractivity contribution in [1.29, 1.82) is 0 Å². The smallest absolute Gasteiger partial charge is 0.409 e. The summed E-state index contributed by atoms with van der Waals surface area (Å²) in [6, 6.07) is 26.6. The zero-order chi connectivity index (χ0) is 21.9. The van der Waals surface area contributed by atoms with E-state index in [2.05, 4.69) is 10.3 Å². The van der Waals surface area contributed by atoms with E-state index in [0.717, 1.165) is 10.6 Å². The molecule has 8 nitrogen and oxygen atoms in total. The Bertz CT molecular complexity index is 1180. The second kappa shape index (κ2) is 8.62. The van der Waals surface area contributed by atoms with Gasteiger partial charge >= 0.3 is 6.09 Å². The minimum absolute atomic E-state index is 0.373. The summed E-state index contributed by atoms with van der Waals surface area (Å²) in [4.78, 5) is 18.8. The molecule has 0 spiro atoms. The summed E-state index contributed by atoms with van der Waals surface area (Å²) in [5, 5.41) is 20.5. The lowest BCUT2D eigenvalue weighted by Crippen LogP contribution is -2.34. The fourth-order valence-corrected chi connectivity index (χ4v) is 3.66. The van der Waals surface area contributed by atoms with E-state index in [-0.39, 0.29) is 0 Å². The highest BCUT2D eigenvalue weighted by molar-refractivity contribution is 5.70. The van der Waals surface area contributed by atoms with E-state index in [1.165, 1.54) is 4.68 Å². The van der Waals surface area contributed by atoms with Crippen molar-refractivity contribution in [3.05, 3.63) is 103 Å². The Hall–Kier alpha value is -4.01. The van der Waals surface area contributed by atoms with Crippen LogP contribution in [0.2, 0.25) is 0 Å². The van der Waals surface area contributed by atoms with Crippen LogP contribution in [-0.4, -0.2) is 37.4 Å². The predicted molar refractivity (Wildman–Crippen MR) is 115 cm³/mol. The lowest BCUT2D eigenvalue weighted by molar-refractivity contribution is -0.162. The SMILES string of the molecule is O=C(Oc1ccccc1)N1O[C@H](n2cc(-c3ccccc3)nn2)[C@@H](O)[C@@H]1c1ccccc1. The van der Waals surface area contributed by atoms with Crippen molar-refractivity contribution in [3.8, 4) is 17.0 Å². The number of ether oxygens (including phenoxy) is 1. The van der Waals surface area contributed by atoms with Gasteiger partial charge in [-0.25, -0.2) is 14.3 Å². The summed E-state index contributed by atoms with van der Waals surface area (Å²) in [5.74, 6) is 0.373. The second-order valence-corrected chi connectivity index (χ2v) is 7.30. The van der Waals surface area contributed by atoms with E-state index in [4.69, 9.17) is 9.57 Å². The first-order valence-corrected chi connectivity index (χ1v) is 10.1. The number of aliphatic hydroxyl groups excluding tert-OH is 1. The van der Waals surface area contributed by atoms with Gasteiger partial charge in [0.25, 0.3) is 0 Å². The van der Waals surface area contributed by atoms with Crippen LogP contribution in [-0.2, 0) is 4.84 Å². The number of hydrogen-bond donors (Lipinski definition) is 1. The molecule has 0 bridgehead atoms. The number of hydroxylamine groups is 2. The minimum atomic E-state index is -1.11. The lowest BCUT2D eigenvalue weighted by Gasteiger charge is -2.22. The van der Waals surface area contributed by atoms with E-state index in [0.29, 0.717) is 17.0 Å². The lowest BCUT2D eigenvalue weighted by atomic mass is 10.0. The first-order chi connectivity index (χ1) is 15.7. The number of para-hydroxylation sites is 1. The summed E-state index contributed by atoms with van der Waals surface area (Å²) in [5.41, 5.74) is 2.21. The minimum Gasteiger partial charge on any atom is -0.409 e. The van der Waals surface area contributed by atoms with Crippen LogP contribution in [0.15, 0.2) is 97.2 Å². The fourth-order valence-electron chi connectivity index (χ4n) is 3.66. The summed E-state index contributed by atoms with van der Waals surface area (Å²) in [6.45, 7) is 0. The molecule has 5 rings (SSSR count). The molecule has 0 saturated carbocycles. The highest BCUT2D eigenvalue weighted by Gasteiger charge is 2.48. The molecule has 0 aliphatic carbocycles. The maximum absolute atomic E-state index is 13.0. The zero-order valence-corrected chi connectivity index (χ0v) is 16.9. The molecule has 8 heteroatoms. The Morgan fingerprint density at radius 3 is 2.22 bits per heavy atom. The molecule has 1 saturated heterocycles. The number of aromatic nitrogens is 3. The maximum Gasteiger partial charge on any atom is 0.440 e. The third kappa shape index (κ3) is 3.84. The van der Waals surface area contributed by atoms with Crippen LogP contribution in [0.1, 0.15) is 17.8 Å². The second-order valence-electron chi connectivity index (χ2n) is 7.30. The van der Waals surface area contributed by atoms with Crippen molar-refractivity contribution in [2.24, 2.45) is 0 Å². The van der Waals surface area contributed by atoms with Gasteiger partial charge in [0.1, 0.15) is 23.6 Å². The van der Waals surface area contributed by atoms with Crippen LogP contribution >= 0.6 is 0 Å². The van der Waals surface area contributed by atoms with Crippen molar-refractivity contribution >= 4 is 6.09 Å². The number of hydrogen-bond acceptors (Lipinski definition) is 6. The number of carbonyl (C=O) groups is 1. The van der Waals surface area contributed by atoms with Crippen LogP contribution in [0.3, 0.4) is 0 Å².